The largest absolute Gasteiger partial charge is 0.343 e. The van der Waals surface area contributed by atoms with Crippen LogP contribution in [0, 0.1) is 17.0 Å². The minimum absolute atomic E-state index is 0.138. The molecule has 28 heavy (non-hydrogen) atoms. The smallest absolute Gasteiger partial charge is 0.319 e. The number of nitrogens with one attached hydrogen (secondary N) is 1. The highest BCUT2D eigenvalue weighted by molar-refractivity contribution is 6.02. The number of amides is 2. The molecule has 2 rings (SSSR count). The Morgan fingerprint density at radius 3 is 2.46 bits per heavy atom. The summed E-state index contributed by atoms with van der Waals surface area (Å²) >= 11 is 0. The first-order chi connectivity index (χ1) is 13.1. The van der Waals surface area contributed by atoms with Crippen molar-refractivity contribution in [3.8, 4) is 0 Å². The molecule has 11 nitrogen and oxygen atoms in total. The average Bonchev–Trinajstić information content (AvgIpc) is 3.15. The summed E-state index contributed by atoms with van der Waals surface area (Å²) in [7, 11) is 3.08. The molecule has 0 aromatic carbocycles. The second kappa shape index (κ2) is 8.10. The molecular formula is C15H19F2N7O4. The Kier molecular flexibility index (Phi) is 6.06. The monoisotopic (exact) mass is 399 g/mol. The normalized spacial score (nSPS) is 11.0. The Labute approximate surface area is 158 Å². The van der Waals surface area contributed by atoms with Crippen LogP contribution in [0.1, 0.15) is 35.2 Å². The molecule has 0 fully saturated rings. The molecule has 13 heteroatoms. The van der Waals surface area contributed by atoms with Gasteiger partial charge in [-0.1, -0.05) is 0 Å². The number of aromatic nitrogens is 4. The Hall–Kier alpha value is -3.38. The molecule has 0 aliphatic heterocycles. The number of aryl methyl sites for hydroxylation is 1. The molecule has 2 aromatic heterocycles. The van der Waals surface area contributed by atoms with Gasteiger partial charge in [-0.2, -0.15) is 10.2 Å². The molecule has 0 aliphatic carbocycles. The van der Waals surface area contributed by atoms with Crippen molar-refractivity contribution in [3.63, 3.8) is 0 Å². The Bertz CT molecular complexity index is 920. The lowest BCUT2D eigenvalue weighted by Crippen LogP contribution is -2.27. The molecule has 0 saturated heterocycles. The van der Waals surface area contributed by atoms with Crippen LogP contribution in [0.4, 0.5) is 20.2 Å². The van der Waals surface area contributed by atoms with Crippen molar-refractivity contribution in [1.82, 2.24) is 24.5 Å². The average molecular weight is 399 g/mol. The summed E-state index contributed by atoms with van der Waals surface area (Å²) in [5.74, 6) is -1.09. The fourth-order valence-electron chi connectivity index (χ4n) is 2.57. The van der Waals surface area contributed by atoms with Gasteiger partial charge in [0.05, 0.1) is 16.8 Å². The van der Waals surface area contributed by atoms with Crippen LogP contribution in [-0.4, -0.2) is 55.3 Å². The maximum atomic E-state index is 13.0. The van der Waals surface area contributed by atoms with Crippen molar-refractivity contribution in [2.24, 2.45) is 0 Å². The van der Waals surface area contributed by atoms with E-state index in [0.717, 1.165) is 4.68 Å². The van der Waals surface area contributed by atoms with Crippen molar-refractivity contribution in [3.05, 3.63) is 33.4 Å². The van der Waals surface area contributed by atoms with Gasteiger partial charge < -0.3 is 10.2 Å². The molecular weight excluding hydrogens is 380 g/mol. The zero-order chi connectivity index (χ0) is 21.2. The van der Waals surface area contributed by atoms with Gasteiger partial charge in [-0.05, 0) is 13.8 Å². The van der Waals surface area contributed by atoms with Gasteiger partial charge in [0.1, 0.15) is 17.9 Å². The fourth-order valence-corrected chi connectivity index (χ4v) is 2.57. The van der Waals surface area contributed by atoms with Gasteiger partial charge in [0.25, 0.3) is 12.3 Å². The summed E-state index contributed by atoms with van der Waals surface area (Å²) in [5.41, 5.74) is -1.72. The van der Waals surface area contributed by atoms with Crippen LogP contribution in [-0.2, 0) is 17.9 Å². The topological polar surface area (TPSA) is 128 Å². The first kappa shape index (κ1) is 20.9. The summed E-state index contributed by atoms with van der Waals surface area (Å²) < 4.78 is 28.2. The predicted octanol–water partition coefficient (Wildman–Crippen LogP) is 1.59. The highest BCUT2D eigenvalue weighted by Crippen LogP contribution is 2.30. The number of hydrogen-bond acceptors (Lipinski definition) is 6. The quantitative estimate of drug-likeness (QED) is 0.556. The molecule has 2 aromatic rings. The molecule has 2 heterocycles. The van der Waals surface area contributed by atoms with Crippen LogP contribution in [0.25, 0.3) is 0 Å². The van der Waals surface area contributed by atoms with Gasteiger partial charge in [-0.25, -0.2) is 8.78 Å². The number of hydrogen-bond donors (Lipinski definition) is 1. The summed E-state index contributed by atoms with van der Waals surface area (Å²) in [5, 5.41) is 21.0. The van der Waals surface area contributed by atoms with E-state index in [4.69, 9.17) is 0 Å². The van der Waals surface area contributed by atoms with E-state index in [-0.39, 0.29) is 23.0 Å². The van der Waals surface area contributed by atoms with Gasteiger partial charge >= 0.3 is 5.69 Å². The lowest BCUT2D eigenvalue weighted by molar-refractivity contribution is -0.386. The zero-order valence-electron chi connectivity index (χ0n) is 15.6. The minimum atomic E-state index is -3.16. The van der Waals surface area contributed by atoms with E-state index in [9.17, 15) is 28.5 Å². The van der Waals surface area contributed by atoms with Gasteiger partial charge in [0, 0.05) is 20.6 Å². The molecule has 2 amide bonds. The molecule has 0 aliphatic rings. The molecule has 0 bridgehead atoms. The van der Waals surface area contributed by atoms with Crippen LogP contribution in [0.2, 0.25) is 0 Å². The van der Waals surface area contributed by atoms with Crippen LogP contribution < -0.4 is 5.32 Å². The first-order valence-electron chi connectivity index (χ1n) is 8.15. The zero-order valence-corrected chi connectivity index (χ0v) is 15.6. The first-order valence-corrected chi connectivity index (χ1v) is 8.15. The van der Waals surface area contributed by atoms with Crippen molar-refractivity contribution in [2.75, 3.05) is 19.4 Å². The highest BCUT2D eigenvalue weighted by atomic mass is 19.3. The van der Waals surface area contributed by atoms with Gasteiger partial charge in [0.15, 0.2) is 0 Å². The number of nitro groups is 1. The van der Waals surface area contributed by atoms with E-state index in [2.05, 4.69) is 15.5 Å². The van der Waals surface area contributed by atoms with Gasteiger partial charge in [-0.15, -0.1) is 0 Å². The maximum absolute atomic E-state index is 13.0. The van der Waals surface area contributed by atoms with E-state index in [1.165, 1.54) is 22.7 Å². The molecule has 0 saturated carbocycles. The molecule has 0 radical (unpaired) electrons. The third-order valence-corrected chi connectivity index (χ3v) is 3.91. The number of carbonyl (C=O) groups is 2. The summed E-state index contributed by atoms with van der Waals surface area (Å²) in [6, 6.07) is 0. The van der Waals surface area contributed by atoms with E-state index < -0.39 is 35.2 Å². The van der Waals surface area contributed by atoms with Crippen molar-refractivity contribution in [2.45, 2.75) is 33.4 Å². The summed E-state index contributed by atoms with van der Waals surface area (Å²) in [6.45, 7) is 2.82. The van der Waals surface area contributed by atoms with Crippen molar-refractivity contribution < 1.29 is 23.3 Å². The number of nitrogens with zero attached hydrogens (tertiary/aromatic N) is 6. The van der Waals surface area contributed by atoms with Crippen LogP contribution in [0.15, 0.2) is 6.20 Å². The van der Waals surface area contributed by atoms with Crippen molar-refractivity contribution in [1.29, 1.82) is 0 Å². The molecule has 0 atom stereocenters. The molecule has 0 unspecified atom stereocenters. The Morgan fingerprint density at radius 2 is 2.00 bits per heavy atom. The summed E-state index contributed by atoms with van der Waals surface area (Å²) in [6.07, 6.45) is -1.86. The molecule has 1 N–H and O–H groups in total. The number of halogens is 2. The Balaban J connectivity index is 2.29. The van der Waals surface area contributed by atoms with Crippen LogP contribution in [0.5, 0.6) is 0 Å². The van der Waals surface area contributed by atoms with Gasteiger partial charge in [0.2, 0.25) is 11.6 Å². The number of alkyl halides is 2. The molecule has 152 valence electrons. The third kappa shape index (κ3) is 3.97. The second-order valence-electron chi connectivity index (χ2n) is 6.01. The van der Waals surface area contributed by atoms with Crippen LogP contribution in [0.3, 0.4) is 0 Å². The number of rotatable bonds is 7. The van der Waals surface area contributed by atoms with E-state index >= 15 is 0 Å². The SMILES string of the molecule is CCn1ncc(NC(=O)Cn2nc(C(F)F)c([N+](=O)[O-])c2C)c1C(=O)N(C)C. The van der Waals surface area contributed by atoms with Crippen LogP contribution >= 0.6 is 0 Å². The lowest BCUT2D eigenvalue weighted by atomic mass is 10.3. The maximum Gasteiger partial charge on any atom is 0.319 e. The predicted molar refractivity (Wildman–Crippen MR) is 93.1 cm³/mol. The highest BCUT2D eigenvalue weighted by Gasteiger charge is 2.31. The lowest BCUT2D eigenvalue weighted by Gasteiger charge is -2.13. The fraction of sp³-hybridized carbons (Fsp3) is 0.467. The van der Waals surface area contributed by atoms with E-state index in [0.29, 0.717) is 6.54 Å². The van der Waals surface area contributed by atoms with Gasteiger partial charge in [-0.3, -0.25) is 29.1 Å². The van der Waals surface area contributed by atoms with Crippen molar-refractivity contribution >= 4 is 23.2 Å². The molecule has 0 spiro atoms. The minimum Gasteiger partial charge on any atom is -0.343 e. The Morgan fingerprint density at radius 1 is 1.36 bits per heavy atom. The van der Waals surface area contributed by atoms with E-state index in [1.54, 1.807) is 21.0 Å². The summed E-state index contributed by atoms with van der Waals surface area (Å²) in [4.78, 5) is 36.1. The number of carbonyl (C=O) groups excluding carboxylic acids is 2. The second-order valence-corrected chi connectivity index (χ2v) is 6.01. The standard InChI is InChI=1S/C15H19F2N7O4/c1-5-22-13(15(26)21(3)4)9(6-18-22)19-10(25)7-23-8(2)12(24(27)28)11(20-23)14(16)17/h6,14H,5,7H2,1-4H3,(H,19,25). The van der Waals surface area contributed by atoms with E-state index in [1.807, 2.05) is 0 Å². The third-order valence-electron chi connectivity index (χ3n) is 3.91. The number of anilines is 1.